The number of nitriles is 1. The van der Waals surface area contributed by atoms with Gasteiger partial charge in [0, 0.05) is 0 Å². The van der Waals surface area contributed by atoms with Crippen molar-refractivity contribution in [3.63, 3.8) is 0 Å². The molecule has 0 amide bonds. The highest BCUT2D eigenvalue weighted by Crippen LogP contribution is 2.53. The molecule has 0 aromatic rings. The van der Waals surface area contributed by atoms with Crippen molar-refractivity contribution < 1.29 is 43.7 Å². The molecule has 0 aliphatic carbocycles. The Morgan fingerprint density at radius 1 is 0.913 bits per heavy atom. The second-order valence-corrected chi connectivity index (χ2v) is 6.76. The van der Waals surface area contributed by atoms with Crippen molar-refractivity contribution in [1.82, 2.24) is 4.72 Å². The van der Waals surface area contributed by atoms with Crippen LogP contribution in [0, 0.1) is 16.7 Å². The van der Waals surface area contributed by atoms with Gasteiger partial charge in [-0.1, -0.05) is 20.8 Å². The monoisotopic (exact) mass is 378 g/mol. The van der Waals surface area contributed by atoms with Gasteiger partial charge in [-0.25, -0.2) is 8.93 Å². The second kappa shape index (κ2) is 6.12. The number of rotatable bonds is 5. The van der Waals surface area contributed by atoms with Gasteiger partial charge in [-0.2, -0.15) is 44.8 Å². The Labute approximate surface area is 127 Å². The summed E-state index contributed by atoms with van der Waals surface area (Å²) in [6.07, 6.45) is -7.00. The maximum Gasteiger partial charge on any atom is 0.460 e. The lowest BCUT2D eigenvalue weighted by molar-refractivity contribution is -0.381. The maximum absolute atomic E-state index is 13.3. The third-order valence-electron chi connectivity index (χ3n) is 2.57. The Balaban J connectivity index is 5.72. The smallest absolute Gasteiger partial charge is 0.236 e. The van der Waals surface area contributed by atoms with E-state index in [1.807, 2.05) is 0 Å². The zero-order chi connectivity index (χ0) is 19.1. The van der Waals surface area contributed by atoms with E-state index in [-0.39, 0.29) is 0 Å². The summed E-state index contributed by atoms with van der Waals surface area (Å²) in [7, 11) is -4.39. The van der Waals surface area contributed by atoms with Crippen molar-refractivity contribution >= 4 is 11.0 Å². The Hall–Kier alpha value is -1.03. The van der Waals surface area contributed by atoms with Crippen LogP contribution in [0.15, 0.2) is 0 Å². The van der Waals surface area contributed by atoms with Gasteiger partial charge in [0.25, 0.3) is 0 Å². The number of nitrogens with one attached hydrogen (secondary N) is 1. The molecule has 3 nitrogen and oxygen atoms in total. The molecule has 0 aromatic heterocycles. The molecular weight excluding hydrogens is 367 g/mol. The molecule has 0 aliphatic rings. The Morgan fingerprint density at radius 2 is 1.30 bits per heavy atom. The quantitative estimate of drug-likeness (QED) is 0.744. The standard InChI is InChI=1S/C10H11F9N2OS/c1-6(2,3)5(4-20)21-23(22)10(18,19)8(13,14)7(11,12)9(15,16)17/h5,21H,1-3H3/t5-,23+/m1/s1. The highest BCUT2D eigenvalue weighted by atomic mass is 32.2. The van der Waals surface area contributed by atoms with E-state index in [2.05, 4.69) is 0 Å². The molecule has 0 radical (unpaired) electrons. The molecule has 0 bridgehead atoms. The fraction of sp³-hybridized carbons (Fsp3) is 0.900. The summed E-state index contributed by atoms with van der Waals surface area (Å²) in [4.78, 5) is 0. The molecule has 136 valence electrons. The molecule has 0 rings (SSSR count). The maximum atomic E-state index is 13.3. The first-order valence-corrected chi connectivity index (χ1v) is 6.77. The van der Waals surface area contributed by atoms with Crippen molar-refractivity contribution in [2.45, 2.75) is 50.1 Å². The van der Waals surface area contributed by atoms with Crippen LogP contribution >= 0.6 is 0 Å². The average Bonchev–Trinajstić information content (AvgIpc) is 2.31. The summed E-state index contributed by atoms with van der Waals surface area (Å²) < 4.78 is 126. The third-order valence-corrected chi connectivity index (χ3v) is 3.74. The van der Waals surface area contributed by atoms with E-state index in [4.69, 9.17) is 5.26 Å². The Morgan fingerprint density at radius 3 is 1.57 bits per heavy atom. The van der Waals surface area contributed by atoms with Crippen LogP contribution in [-0.4, -0.2) is 33.5 Å². The summed E-state index contributed by atoms with van der Waals surface area (Å²) in [6.45, 7) is 3.68. The zero-order valence-corrected chi connectivity index (χ0v) is 12.6. The summed E-state index contributed by atoms with van der Waals surface area (Å²) in [6, 6.07) is -0.514. The molecule has 0 aliphatic heterocycles. The number of hydrogen-bond donors (Lipinski definition) is 1. The van der Waals surface area contributed by atoms with Crippen LogP contribution < -0.4 is 4.72 Å². The predicted octanol–water partition coefficient (Wildman–Crippen LogP) is 3.60. The highest BCUT2D eigenvalue weighted by molar-refractivity contribution is 7.84. The van der Waals surface area contributed by atoms with Crippen molar-refractivity contribution in [2.24, 2.45) is 5.41 Å². The molecule has 0 fully saturated rings. The van der Waals surface area contributed by atoms with Gasteiger partial charge in [0.2, 0.25) is 0 Å². The second-order valence-electron chi connectivity index (χ2n) is 5.48. The molecule has 0 saturated carbocycles. The molecule has 0 spiro atoms. The summed E-state index contributed by atoms with van der Waals surface area (Å²) in [5.41, 5.74) is -1.25. The molecule has 0 unspecified atom stereocenters. The van der Waals surface area contributed by atoms with Crippen LogP contribution in [0.2, 0.25) is 0 Å². The van der Waals surface area contributed by atoms with E-state index in [9.17, 15) is 43.7 Å². The van der Waals surface area contributed by atoms with Crippen molar-refractivity contribution in [3.8, 4) is 6.07 Å². The van der Waals surface area contributed by atoms with Gasteiger partial charge in [-0.3, -0.25) is 0 Å². The molecule has 23 heavy (non-hydrogen) atoms. The van der Waals surface area contributed by atoms with E-state index >= 15 is 0 Å². The van der Waals surface area contributed by atoms with E-state index in [1.54, 1.807) is 0 Å². The highest BCUT2D eigenvalue weighted by Gasteiger charge is 2.83. The molecular formula is C10H11F9N2OS. The number of hydrogen-bond acceptors (Lipinski definition) is 2. The van der Waals surface area contributed by atoms with Crippen LogP contribution in [0.3, 0.4) is 0 Å². The lowest BCUT2D eigenvalue weighted by Gasteiger charge is -2.34. The molecule has 0 heterocycles. The van der Waals surface area contributed by atoms with Gasteiger partial charge in [-0.15, -0.1) is 0 Å². The molecule has 0 aromatic carbocycles. The largest absolute Gasteiger partial charge is 0.460 e. The van der Waals surface area contributed by atoms with E-state index in [0.29, 0.717) is 0 Å². The SMILES string of the molecule is CC(C)(C)[C@@H](C#N)N[S@@](=O)C(F)(F)C(F)(F)C(F)(F)C(F)(F)F. The minimum atomic E-state index is -7.13. The zero-order valence-electron chi connectivity index (χ0n) is 11.7. The van der Waals surface area contributed by atoms with Gasteiger partial charge in [0.1, 0.15) is 6.04 Å². The van der Waals surface area contributed by atoms with Crippen molar-refractivity contribution in [2.75, 3.05) is 0 Å². The van der Waals surface area contributed by atoms with Crippen LogP contribution in [-0.2, 0) is 11.0 Å². The first-order valence-electron chi connectivity index (χ1n) is 5.62. The molecule has 2 atom stereocenters. The first kappa shape index (κ1) is 22.0. The van der Waals surface area contributed by atoms with Crippen LogP contribution in [0.5, 0.6) is 0 Å². The van der Waals surface area contributed by atoms with Crippen molar-refractivity contribution in [1.29, 1.82) is 5.26 Å². The summed E-state index contributed by atoms with van der Waals surface area (Å²) in [5, 5.41) is 2.36. The van der Waals surface area contributed by atoms with Crippen LogP contribution in [0.25, 0.3) is 0 Å². The van der Waals surface area contributed by atoms with Crippen LogP contribution in [0.1, 0.15) is 20.8 Å². The number of nitrogens with zero attached hydrogens (tertiary/aromatic N) is 1. The Kier molecular flexibility index (Phi) is 5.84. The Bertz CT molecular complexity index is 504. The fourth-order valence-corrected chi connectivity index (χ4v) is 2.18. The third kappa shape index (κ3) is 3.90. The van der Waals surface area contributed by atoms with E-state index in [0.717, 1.165) is 4.72 Å². The van der Waals surface area contributed by atoms with Crippen molar-refractivity contribution in [3.05, 3.63) is 0 Å². The minimum absolute atomic E-state index is 1.16. The van der Waals surface area contributed by atoms with Gasteiger partial charge in [0.05, 0.1) is 6.07 Å². The van der Waals surface area contributed by atoms with E-state index < -0.39 is 45.7 Å². The van der Waals surface area contributed by atoms with Crippen LogP contribution in [0.4, 0.5) is 39.5 Å². The first-order chi connectivity index (χ1) is 9.84. The lowest BCUT2D eigenvalue weighted by atomic mass is 9.88. The number of halogens is 9. The predicted molar refractivity (Wildman–Crippen MR) is 61.0 cm³/mol. The minimum Gasteiger partial charge on any atom is -0.236 e. The molecule has 1 N–H and O–H groups in total. The average molecular weight is 378 g/mol. The topological polar surface area (TPSA) is 52.9 Å². The lowest BCUT2D eigenvalue weighted by Crippen LogP contribution is -2.64. The summed E-state index contributed by atoms with van der Waals surface area (Å²) >= 11 is 0. The van der Waals surface area contributed by atoms with E-state index in [1.165, 1.54) is 26.8 Å². The summed E-state index contributed by atoms with van der Waals surface area (Å²) in [5.74, 6) is -14.1. The van der Waals surface area contributed by atoms with Gasteiger partial charge in [-0.05, 0) is 5.41 Å². The van der Waals surface area contributed by atoms with Gasteiger partial charge in [0.15, 0.2) is 11.0 Å². The molecule has 0 saturated heterocycles. The van der Waals surface area contributed by atoms with Gasteiger partial charge < -0.3 is 0 Å². The fourth-order valence-electron chi connectivity index (χ4n) is 1.06. The molecule has 13 heteroatoms. The van der Waals surface area contributed by atoms with Gasteiger partial charge >= 0.3 is 23.3 Å². The number of alkyl halides is 9. The normalized spacial score (nSPS) is 17.5.